The number of carbonyl (C=O) groups excluding carboxylic acids is 1. The number of aliphatic hydroxyl groups is 2. The molecule has 0 spiro atoms. The first-order chi connectivity index (χ1) is 8.95. The minimum Gasteiger partial charge on any atom is -0.496 e. The standard InChI is InChI=1S/C13H17FO4S/c1-8(15)19-6-5-11(16)13(17)10-4-3-9(14)7-12(10)18-2/h3-4,7,11,13,16-17H,5-6H2,1-2H3. The quantitative estimate of drug-likeness (QED) is 0.837. The van der Waals surface area contributed by atoms with Gasteiger partial charge in [-0.2, -0.15) is 0 Å². The average Bonchev–Trinajstić information content (AvgIpc) is 2.37. The Labute approximate surface area is 115 Å². The van der Waals surface area contributed by atoms with Crippen LogP contribution in [0.25, 0.3) is 0 Å². The Hall–Kier alpha value is -1.11. The molecule has 0 radical (unpaired) electrons. The normalized spacial score (nSPS) is 13.9. The van der Waals surface area contributed by atoms with Crippen LogP contribution in [0, 0.1) is 5.82 Å². The van der Waals surface area contributed by atoms with Gasteiger partial charge in [0.05, 0.1) is 13.2 Å². The van der Waals surface area contributed by atoms with Crippen molar-refractivity contribution in [3.05, 3.63) is 29.6 Å². The molecule has 4 nitrogen and oxygen atoms in total. The van der Waals surface area contributed by atoms with Crippen molar-refractivity contribution < 1.29 is 24.1 Å². The number of methoxy groups -OCH3 is 1. The minimum atomic E-state index is -1.18. The summed E-state index contributed by atoms with van der Waals surface area (Å²) in [6.07, 6.45) is -1.96. The highest BCUT2D eigenvalue weighted by Gasteiger charge is 2.22. The summed E-state index contributed by atoms with van der Waals surface area (Å²) in [5, 5.41) is 19.8. The van der Waals surface area contributed by atoms with Gasteiger partial charge in [-0.1, -0.05) is 11.8 Å². The molecular weight excluding hydrogens is 271 g/mol. The summed E-state index contributed by atoms with van der Waals surface area (Å²) in [5.41, 5.74) is 0.323. The van der Waals surface area contributed by atoms with Gasteiger partial charge in [-0.25, -0.2) is 4.39 Å². The van der Waals surface area contributed by atoms with Gasteiger partial charge in [-0.15, -0.1) is 0 Å². The SMILES string of the molecule is COc1cc(F)ccc1C(O)C(O)CCSC(C)=O. The zero-order chi connectivity index (χ0) is 14.4. The van der Waals surface area contributed by atoms with Gasteiger partial charge in [-0.3, -0.25) is 4.79 Å². The second-order valence-corrected chi connectivity index (χ2v) is 5.30. The van der Waals surface area contributed by atoms with E-state index < -0.39 is 18.0 Å². The number of thioether (sulfide) groups is 1. The third-order valence-electron chi connectivity index (χ3n) is 2.60. The van der Waals surface area contributed by atoms with E-state index in [1.807, 2.05) is 0 Å². The predicted molar refractivity (Wildman–Crippen MR) is 71.7 cm³/mol. The molecule has 0 fully saturated rings. The topological polar surface area (TPSA) is 66.8 Å². The van der Waals surface area contributed by atoms with E-state index in [0.29, 0.717) is 11.3 Å². The van der Waals surface area contributed by atoms with Crippen LogP contribution in [0.5, 0.6) is 5.75 Å². The number of hydrogen-bond acceptors (Lipinski definition) is 5. The molecule has 0 bridgehead atoms. The minimum absolute atomic E-state index is 0.0407. The van der Waals surface area contributed by atoms with Crippen LogP contribution in [0.4, 0.5) is 4.39 Å². The number of halogens is 1. The molecule has 1 rings (SSSR count). The lowest BCUT2D eigenvalue weighted by Gasteiger charge is -2.20. The van der Waals surface area contributed by atoms with E-state index in [1.54, 1.807) is 0 Å². The van der Waals surface area contributed by atoms with Crippen molar-refractivity contribution in [1.82, 2.24) is 0 Å². The van der Waals surface area contributed by atoms with E-state index in [2.05, 4.69) is 0 Å². The number of aliphatic hydroxyl groups excluding tert-OH is 2. The average molecular weight is 288 g/mol. The molecule has 2 unspecified atom stereocenters. The summed E-state index contributed by atoms with van der Waals surface area (Å²) in [7, 11) is 1.36. The highest BCUT2D eigenvalue weighted by atomic mass is 32.2. The zero-order valence-corrected chi connectivity index (χ0v) is 11.6. The maximum absolute atomic E-state index is 13.0. The Morgan fingerprint density at radius 2 is 2.16 bits per heavy atom. The van der Waals surface area contributed by atoms with Crippen LogP contribution in [-0.4, -0.2) is 34.3 Å². The largest absolute Gasteiger partial charge is 0.496 e. The van der Waals surface area contributed by atoms with E-state index in [0.717, 1.165) is 17.8 Å². The molecule has 0 aliphatic heterocycles. The van der Waals surface area contributed by atoms with Gasteiger partial charge in [0.1, 0.15) is 17.7 Å². The van der Waals surface area contributed by atoms with Crippen LogP contribution >= 0.6 is 11.8 Å². The molecule has 0 amide bonds. The summed E-state index contributed by atoms with van der Waals surface area (Å²) in [6, 6.07) is 3.72. The van der Waals surface area contributed by atoms with Gasteiger partial charge < -0.3 is 14.9 Å². The molecule has 0 aliphatic rings. The Morgan fingerprint density at radius 3 is 2.74 bits per heavy atom. The molecule has 1 aromatic rings. The van der Waals surface area contributed by atoms with E-state index in [4.69, 9.17) is 4.74 Å². The van der Waals surface area contributed by atoms with Crippen molar-refractivity contribution >= 4 is 16.9 Å². The van der Waals surface area contributed by atoms with Crippen molar-refractivity contribution in [2.45, 2.75) is 25.6 Å². The number of carbonyl (C=O) groups is 1. The van der Waals surface area contributed by atoms with Crippen LogP contribution in [0.1, 0.15) is 25.0 Å². The second kappa shape index (κ2) is 7.47. The molecule has 0 saturated carbocycles. The molecule has 6 heteroatoms. The van der Waals surface area contributed by atoms with Gasteiger partial charge in [0.15, 0.2) is 5.12 Å². The van der Waals surface area contributed by atoms with Gasteiger partial charge >= 0.3 is 0 Å². The van der Waals surface area contributed by atoms with Crippen LogP contribution < -0.4 is 4.74 Å². The fourth-order valence-corrected chi connectivity index (χ4v) is 2.26. The zero-order valence-electron chi connectivity index (χ0n) is 10.8. The summed E-state index contributed by atoms with van der Waals surface area (Å²) >= 11 is 1.08. The van der Waals surface area contributed by atoms with Crippen LogP contribution in [0.15, 0.2) is 18.2 Å². The second-order valence-electron chi connectivity index (χ2n) is 4.03. The van der Waals surface area contributed by atoms with Crippen LogP contribution in [0.3, 0.4) is 0 Å². The first-order valence-electron chi connectivity index (χ1n) is 5.78. The lowest BCUT2D eigenvalue weighted by molar-refractivity contribution is -0.109. The first kappa shape index (κ1) is 15.9. The Bertz CT molecular complexity index is 439. The van der Waals surface area contributed by atoms with Crippen molar-refractivity contribution in [3.63, 3.8) is 0 Å². The molecule has 2 N–H and O–H groups in total. The molecule has 0 saturated heterocycles. The molecular formula is C13H17FO4S. The van der Waals surface area contributed by atoms with Crippen LogP contribution in [-0.2, 0) is 4.79 Å². The number of ether oxygens (including phenoxy) is 1. The summed E-state index contributed by atoms with van der Waals surface area (Å²) in [4.78, 5) is 10.8. The maximum Gasteiger partial charge on any atom is 0.185 e. The molecule has 0 aromatic heterocycles. The van der Waals surface area contributed by atoms with Crippen molar-refractivity contribution in [3.8, 4) is 5.75 Å². The number of hydrogen-bond donors (Lipinski definition) is 2. The van der Waals surface area contributed by atoms with E-state index in [-0.39, 0.29) is 17.3 Å². The lowest BCUT2D eigenvalue weighted by atomic mass is 10.0. The Morgan fingerprint density at radius 1 is 1.47 bits per heavy atom. The van der Waals surface area contributed by atoms with Crippen LogP contribution in [0.2, 0.25) is 0 Å². The third-order valence-corrected chi connectivity index (χ3v) is 3.44. The molecule has 2 atom stereocenters. The van der Waals surface area contributed by atoms with Crippen molar-refractivity contribution in [2.24, 2.45) is 0 Å². The van der Waals surface area contributed by atoms with Crippen molar-refractivity contribution in [1.29, 1.82) is 0 Å². The fourth-order valence-electron chi connectivity index (χ4n) is 1.62. The smallest absolute Gasteiger partial charge is 0.185 e. The fraction of sp³-hybridized carbons (Fsp3) is 0.462. The number of benzene rings is 1. The summed E-state index contributed by atoms with van der Waals surface area (Å²) in [6.45, 7) is 1.44. The highest BCUT2D eigenvalue weighted by molar-refractivity contribution is 8.13. The highest BCUT2D eigenvalue weighted by Crippen LogP contribution is 2.29. The van der Waals surface area contributed by atoms with Gasteiger partial charge in [0.2, 0.25) is 0 Å². The van der Waals surface area contributed by atoms with E-state index in [9.17, 15) is 19.4 Å². The number of rotatable bonds is 6. The third kappa shape index (κ3) is 4.81. The maximum atomic E-state index is 13.0. The summed E-state index contributed by atoms with van der Waals surface area (Å²) < 4.78 is 18.0. The molecule has 1 aromatic carbocycles. The monoisotopic (exact) mass is 288 g/mol. The Kier molecular flexibility index (Phi) is 6.27. The van der Waals surface area contributed by atoms with Gasteiger partial charge in [0, 0.05) is 24.3 Å². The Balaban J connectivity index is 2.70. The molecule has 106 valence electrons. The van der Waals surface area contributed by atoms with Gasteiger partial charge in [-0.05, 0) is 18.6 Å². The summed E-state index contributed by atoms with van der Waals surface area (Å²) in [5.74, 6) is 0.122. The first-order valence-corrected chi connectivity index (χ1v) is 6.77. The van der Waals surface area contributed by atoms with E-state index >= 15 is 0 Å². The lowest BCUT2D eigenvalue weighted by Crippen LogP contribution is -2.20. The predicted octanol–water partition coefficient (Wildman–Crippen LogP) is 1.90. The van der Waals surface area contributed by atoms with E-state index in [1.165, 1.54) is 26.2 Å². The molecule has 19 heavy (non-hydrogen) atoms. The van der Waals surface area contributed by atoms with Gasteiger partial charge in [0.25, 0.3) is 0 Å². The van der Waals surface area contributed by atoms with Crippen molar-refractivity contribution in [2.75, 3.05) is 12.9 Å². The molecule has 0 heterocycles. The molecule has 0 aliphatic carbocycles.